The third-order valence-electron chi connectivity index (χ3n) is 6.92. The molecule has 0 radical (unpaired) electrons. The highest BCUT2D eigenvalue weighted by Gasteiger charge is 2.34. The van der Waals surface area contributed by atoms with Gasteiger partial charge in [0, 0.05) is 35.8 Å². The van der Waals surface area contributed by atoms with Crippen LogP contribution in [0.15, 0.2) is 72.9 Å². The Balaban J connectivity index is 1.57. The number of nitrogens with zero attached hydrogens (tertiary/aromatic N) is 2. The summed E-state index contributed by atoms with van der Waals surface area (Å²) in [6.45, 7) is 1.95. The summed E-state index contributed by atoms with van der Waals surface area (Å²) >= 11 is 6.16. The van der Waals surface area contributed by atoms with Crippen molar-refractivity contribution in [2.24, 2.45) is 0 Å². The number of nitrogens with one attached hydrogen (secondary N) is 2. The van der Waals surface area contributed by atoms with Crippen LogP contribution in [0.1, 0.15) is 68.5 Å². The molecule has 1 aliphatic rings. The lowest BCUT2D eigenvalue weighted by molar-refractivity contribution is -0.127. The summed E-state index contributed by atoms with van der Waals surface area (Å²) in [7, 11) is 0. The van der Waals surface area contributed by atoms with Crippen molar-refractivity contribution in [3.8, 4) is 0 Å². The molecule has 1 atom stereocenters. The lowest BCUT2D eigenvalue weighted by Gasteiger charge is -2.34. The Morgan fingerprint density at radius 2 is 1.74 bits per heavy atom. The SMILES string of the molecule is Cc1cccc(N(C(=O)CCCC(=O)Nc2ccccn2)[C@H](C(=O)NC2CCCCC2)c2ccc(Cl)cc2)c1. The molecule has 4 rings (SSSR count). The minimum absolute atomic E-state index is 0.0887. The molecule has 2 N–H and O–H groups in total. The van der Waals surface area contributed by atoms with Gasteiger partial charge in [-0.05, 0) is 73.7 Å². The molecule has 8 heteroatoms. The van der Waals surface area contributed by atoms with Crippen LogP contribution in [0.4, 0.5) is 11.5 Å². The van der Waals surface area contributed by atoms with Crippen LogP contribution >= 0.6 is 11.6 Å². The van der Waals surface area contributed by atoms with E-state index in [2.05, 4.69) is 15.6 Å². The zero-order chi connectivity index (χ0) is 27.6. The van der Waals surface area contributed by atoms with Gasteiger partial charge in [-0.1, -0.05) is 61.2 Å². The van der Waals surface area contributed by atoms with E-state index in [9.17, 15) is 14.4 Å². The lowest BCUT2D eigenvalue weighted by atomic mass is 9.94. The summed E-state index contributed by atoms with van der Waals surface area (Å²) in [5, 5.41) is 6.52. The van der Waals surface area contributed by atoms with Crippen molar-refractivity contribution in [3.05, 3.63) is 89.1 Å². The van der Waals surface area contributed by atoms with Gasteiger partial charge in [0.2, 0.25) is 17.7 Å². The Kier molecular flexibility index (Phi) is 10.1. The number of pyridine rings is 1. The fraction of sp³-hybridized carbons (Fsp3) is 0.355. The molecule has 1 saturated carbocycles. The van der Waals surface area contributed by atoms with E-state index in [0.717, 1.165) is 31.2 Å². The van der Waals surface area contributed by atoms with E-state index < -0.39 is 6.04 Å². The van der Waals surface area contributed by atoms with Crippen LogP contribution in [0.25, 0.3) is 0 Å². The van der Waals surface area contributed by atoms with Crippen molar-refractivity contribution in [1.29, 1.82) is 0 Å². The number of aromatic nitrogens is 1. The zero-order valence-electron chi connectivity index (χ0n) is 22.2. The summed E-state index contributed by atoms with van der Waals surface area (Å²) in [5.41, 5.74) is 2.29. The summed E-state index contributed by atoms with van der Waals surface area (Å²) in [6.07, 6.45) is 7.40. The lowest BCUT2D eigenvalue weighted by Crippen LogP contribution is -2.47. The summed E-state index contributed by atoms with van der Waals surface area (Å²) in [6, 6.07) is 19.1. The van der Waals surface area contributed by atoms with Crippen molar-refractivity contribution in [1.82, 2.24) is 10.3 Å². The molecule has 0 unspecified atom stereocenters. The van der Waals surface area contributed by atoms with Gasteiger partial charge in [0.25, 0.3) is 0 Å². The van der Waals surface area contributed by atoms with Gasteiger partial charge in [0.1, 0.15) is 11.9 Å². The first-order valence-corrected chi connectivity index (χ1v) is 13.9. The molecule has 3 amide bonds. The number of anilines is 2. The molecule has 3 aromatic rings. The number of benzene rings is 2. The van der Waals surface area contributed by atoms with Crippen molar-refractivity contribution < 1.29 is 14.4 Å². The van der Waals surface area contributed by atoms with Gasteiger partial charge in [-0.3, -0.25) is 19.3 Å². The first-order valence-electron chi connectivity index (χ1n) is 13.6. The minimum Gasteiger partial charge on any atom is -0.351 e. The Morgan fingerprint density at radius 3 is 2.44 bits per heavy atom. The van der Waals surface area contributed by atoms with Gasteiger partial charge in [0.15, 0.2) is 0 Å². The van der Waals surface area contributed by atoms with Crippen LogP contribution in [0.2, 0.25) is 5.02 Å². The predicted octanol–water partition coefficient (Wildman–Crippen LogP) is 6.38. The number of hydrogen-bond acceptors (Lipinski definition) is 4. The maximum absolute atomic E-state index is 13.9. The van der Waals surface area contributed by atoms with Crippen LogP contribution in [0.3, 0.4) is 0 Å². The Hall–Kier alpha value is -3.71. The zero-order valence-corrected chi connectivity index (χ0v) is 23.0. The van der Waals surface area contributed by atoms with E-state index in [4.69, 9.17) is 11.6 Å². The number of rotatable bonds is 10. The van der Waals surface area contributed by atoms with Crippen LogP contribution < -0.4 is 15.5 Å². The summed E-state index contributed by atoms with van der Waals surface area (Å²) < 4.78 is 0. The van der Waals surface area contributed by atoms with E-state index in [1.165, 1.54) is 6.42 Å². The summed E-state index contributed by atoms with van der Waals surface area (Å²) in [5.74, 6) is -0.192. The third-order valence-corrected chi connectivity index (χ3v) is 7.17. The predicted molar refractivity (Wildman–Crippen MR) is 155 cm³/mol. The van der Waals surface area contributed by atoms with Crippen molar-refractivity contribution in [2.45, 2.75) is 70.4 Å². The van der Waals surface area contributed by atoms with Gasteiger partial charge < -0.3 is 10.6 Å². The Labute approximate surface area is 235 Å². The number of carbonyl (C=O) groups is 3. The Morgan fingerprint density at radius 1 is 0.974 bits per heavy atom. The molecule has 0 saturated heterocycles. The van der Waals surface area contributed by atoms with Crippen LogP contribution in [0.5, 0.6) is 0 Å². The number of hydrogen-bond donors (Lipinski definition) is 2. The van der Waals surface area contributed by atoms with Crippen LogP contribution in [-0.2, 0) is 14.4 Å². The highest BCUT2D eigenvalue weighted by molar-refractivity contribution is 6.30. The fourth-order valence-electron chi connectivity index (χ4n) is 4.97. The van der Waals surface area contributed by atoms with Gasteiger partial charge in [-0.15, -0.1) is 0 Å². The molecule has 1 fully saturated rings. The van der Waals surface area contributed by atoms with Crippen LogP contribution in [0, 0.1) is 6.92 Å². The average molecular weight is 547 g/mol. The molecular formula is C31H35ClN4O3. The monoisotopic (exact) mass is 546 g/mol. The standard InChI is InChI=1S/C31H35ClN4O3/c1-22-9-7-12-26(21-22)36(29(38)15-8-14-28(37)35-27-13-5-6-20-33-27)30(23-16-18-24(32)19-17-23)31(39)34-25-10-3-2-4-11-25/h5-7,9,12-13,16-21,25,30H,2-4,8,10-11,14-15H2,1H3,(H,34,39)(H,33,35,37)/t30-/m0/s1. The molecule has 0 spiro atoms. The Bertz CT molecular complexity index is 1260. The maximum Gasteiger partial charge on any atom is 0.248 e. The first kappa shape index (κ1) is 28.3. The van der Waals surface area contributed by atoms with E-state index >= 15 is 0 Å². The molecule has 1 heterocycles. The van der Waals surface area contributed by atoms with Gasteiger partial charge >= 0.3 is 0 Å². The second kappa shape index (κ2) is 13.9. The topological polar surface area (TPSA) is 91.4 Å². The highest BCUT2D eigenvalue weighted by atomic mass is 35.5. The van der Waals surface area contributed by atoms with E-state index in [0.29, 0.717) is 28.5 Å². The molecule has 7 nitrogen and oxygen atoms in total. The second-order valence-electron chi connectivity index (χ2n) is 10.0. The number of amides is 3. The van der Waals surface area contributed by atoms with Gasteiger partial charge in [0.05, 0.1) is 0 Å². The average Bonchev–Trinajstić information content (AvgIpc) is 2.93. The maximum atomic E-state index is 13.9. The molecule has 0 aliphatic heterocycles. The number of aryl methyl sites for hydroxylation is 1. The van der Waals surface area contributed by atoms with Gasteiger partial charge in [-0.2, -0.15) is 0 Å². The summed E-state index contributed by atoms with van der Waals surface area (Å²) in [4.78, 5) is 45.9. The van der Waals surface area contributed by atoms with E-state index in [1.54, 1.807) is 53.6 Å². The fourth-order valence-corrected chi connectivity index (χ4v) is 5.09. The molecule has 1 aliphatic carbocycles. The molecule has 39 heavy (non-hydrogen) atoms. The van der Waals surface area contributed by atoms with Crippen molar-refractivity contribution in [3.63, 3.8) is 0 Å². The molecule has 0 bridgehead atoms. The first-order chi connectivity index (χ1) is 18.9. The number of halogens is 1. The normalized spacial score (nSPS) is 14.3. The minimum atomic E-state index is -0.874. The molecule has 204 valence electrons. The van der Waals surface area contributed by atoms with Crippen LogP contribution in [-0.4, -0.2) is 28.7 Å². The smallest absolute Gasteiger partial charge is 0.248 e. The third kappa shape index (κ3) is 8.14. The number of carbonyl (C=O) groups excluding carboxylic acids is 3. The highest BCUT2D eigenvalue weighted by Crippen LogP contribution is 2.31. The van der Waals surface area contributed by atoms with Crippen molar-refractivity contribution in [2.75, 3.05) is 10.2 Å². The van der Waals surface area contributed by atoms with E-state index in [-0.39, 0.29) is 36.6 Å². The molecule has 1 aromatic heterocycles. The van der Waals surface area contributed by atoms with Crippen molar-refractivity contribution >= 4 is 40.8 Å². The molecular weight excluding hydrogens is 512 g/mol. The largest absolute Gasteiger partial charge is 0.351 e. The molecule has 2 aromatic carbocycles. The quantitative estimate of drug-likeness (QED) is 0.309. The second-order valence-corrected chi connectivity index (χ2v) is 10.5. The van der Waals surface area contributed by atoms with Gasteiger partial charge in [-0.25, -0.2) is 4.98 Å². The van der Waals surface area contributed by atoms with E-state index in [1.807, 2.05) is 31.2 Å².